The Bertz CT molecular complexity index is 382. The van der Waals surface area contributed by atoms with Crippen molar-refractivity contribution in [2.24, 2.45) is 11.7 Å². The third kappa shape index (κ3) is 4.63. The molecule has 0 fully saturated rings. The molecule has 1 aromatic rings. The SMILES string of the molecule is CC(C)C(N)CCN(C)C(=O)c1occc1Br.Cl. The Morgan fingerprint density at radius 3 is 2.61 bits per heavy atom. The highest BCUT2D eigenvalue weighted by Crippen LogP contribution is 2.19. The highest BCUT2D eigenvalue weighted by Gasteiger charge is 2.19. The van der Waals surface area contributed by atoms with Crippen molar-refractivity contribution >= 4 is 34.2 Å². The van der Waals surface area contributed by atoms with Crippen molar-refractivity contribution in [3.05, 3.63) is 22.6 Å². The monoisotopic (exact) mass is 338 g/mol. The van der Waals surface area contributed by atoms with Gasteiger partial charge in [-0.25, -0.2) is 0 Å². The smallest absolute Gasteiger partial charge is 0.290 e. The summed E-state index contributed by atoms with van der Waals surface area (Å²) < 4.78 is 5.82. The molecule has 6 heteroatoms. The van der Waals surface area contributed by atoms with Crippen LogP contribution in [0.5, 0.6) is 0 Å². The molecule has 4 nitrogen and oxygen atoms in total. The number of hydrogen-bond acceptors (Lipinski definition) is 3. The Morgan fingerprint density at radius 1 is 1.56 bits per heavy atom. The van der Waals surface area contributed by atoms with Crippen LogP contribution in [-0.2, 0) is 0 Å². The van der Waals surface area contributed by atoms with Crippen LogP contribution in [0.25, 0.3) is 0 Å². The van der Waals surface area contributed by atoms with Crippen molar-refractivity contribution in [2.45, 2.75) is 26.3 Å². The van der Waals surface area contributed by atoms with Gasteiger partial charge in [0.2, 0.25) is 5.76 Å². The van der Waals surface area contributed by atoms with E-state index in [0.29, 0.717) is 22.7 Å². The van der Waals surface area contributed by atoms with Crippen LogP contribution in [0, 0.1) is 5.92 Å². The summed E-state index contributed by atoms with van der Waals surface area (Å²) in [5.41, 5.74) is 5.94. The van der Waals surface area contributed by atoms with Crippen LogP contribution in [0.4, 0.5) is 0 Å². The van der Waals surface area contributed by atoms with Gasteiger partial charge in [0.1, 0.15) is 0 Å². The molecular weight excluding hydrogens is 320 g/mol. The summed E-state index contributed by atoms with van der Waals surface area (Å²) >= 11 is 3.27. The predicted molar refractivity (Wildman–Crippen MR) is 78.0 cm³/mol. The number of carbonyl (C=O) groups excluding carboxylic acids is 1. The van der Waals surface area contributed by atoms with Crippen molar-refractivity contribution in [3.8, 4) is 0 Å². The number of nitrogens with two attached hydrogens (primary N) is 1. The molecule has 1 aromatic heterocycles. The second-order valence-electron chi connectivity index (χ2n) is 4.52. The Morgan fingerprint density at radius 2 is 2.17 bits per heavy atom. The van der Waals surface area contributed by atoms with Gasteiger partial charge in [0.05, 0.1) is 10.7 Å². The summed E-state index contributed by atoms with van der Waals surface area (Å²) in [6, 6.07) is 1.83. The molecule has 0 aliphatic carbocycles. The lowest BCUT2D eigenvalue weighted by Gasteiger charge is -2.20. The number of furan rings is 1. The number of nitrogens with zero attached hydrogens (tertiary/aromatic N) is 1. The summed E-state index contributed by atoms with van der Waals surface area (Å²) in [6.07, 6.45) is 2.28. The van der Waals surface area contributed by atoms with E-state index in [-0.39, 0.29) is 24.4 Å². The van der Waals surface area contributed by atoms with Crippen molar-refractivity contribution in [2.75, 3.05) is 13.6 Å². The van der Waals surface area contributed by atoms with Gasteiger partial charge in [0, 0.05) is 19.6 Å². The average molecular weight is 340 g/mol. The summed E-state index contributed by atoms with van der Waals surface area (Å²) in [7, 11) is 1.75. The van der Waals surface area contributed by atoms with Crippen LogP contribution in [-0.4, -0.2) is 30.4 Å². The quantitative estimate of drug-likeness (QED) is 0.897. The molecule has 0 saturated heterocycles. The van der Waals surface area contributed by atoms with E-state index in [1.54, 1.807) is 18.0 Å². The molecule has 18 heavy (non-hydrogen) atoms. The van der Waals surface area contributed by atoms with E-state index in [2.05, 4.69) is 29.8 Å². The van der Waals surface area contributed by atoms with Crippen molar-refractivity contribution in [1.82, 2.24) is 4.90 Å². The maximum absolute atomic E-state index is 12.0. The number of rotatable bonds is 5. The zero-order valence-corrected chi connectivity index (χ0v) is 13.3. The van der Waals surface area contributed by atoms with E-state index in [4.69, 9.17) is 10.2 Å². The fourth-order valence-electron chi connectivity index (χ4n) is 1.40. The lowest BCUT2D eigenvalue weighted by atomic mass is 10.0. The normalized spacial score (nSPS) is 12.1. The number of amides is 1. The van der Waals surface area contributed by atoms with Crippen LogP contribution in [0.15, 0.2) is 21.2 Å². The van der Waals surface area contributed by atoms with Crippen LogP contribution in [0.1, 0.15) is 30.8 Å². The van der Waals surface area contributed by atoms with Crippen molar-refractivity contribution < 1.29 is 9.21 Å². The first kappa shape index (κ1) is 17.5. The first-order chi connectivity index (χ1) is 7.93. The highest BCUT2D eigenvalue weighted by atomic mass is 79.9. The molecule has 1 rings (SSSR count). The lowest BCUT2D eigenvalue weighted by molar-refractivity contribution is 0.0756. The van der Waals surface area contributed by atoms with E-state index in [1.807, 2.05) is 0 Å². The molecule has 1 amide bonds. The minimum Gasteiger partial charge on any atom is -0.458 e. The Hall–Kier alpha value is -0.520. The molecule has 0 bridgehead atoms. The van der Waals surface area contributed by atoms with Gasteiger partial charge in [-0.1, -0.05) is 13.8 Å². The average Bonchev–Trinajstić information content (AvgIpc) is 2.70. The van der Waals surface area contributed by atoms with E-state index >= 15 is 0 Å². The maximum atomic E-state index is 12.0. The molecule has 0 spiro atoms. The molecule has 1 heterocycles. The number of hydrogen-bond donors (Lipinski definition) is 1. The molecule has 0 saturated carbocycles. The first-order valence-electron chi connectivity index (χ1n) is 5.67. The van der Waals surface area contributed by atoms with Gasteiger partial charge in [-0.2, -0.15) is 0 Å². The van der Waals surface area contributed by atoms with Gasteiger partial charge in [-0.3, -0.25) is 4.79 Å². The summed E-state index contributed by atoms with van der Waals surface area (Å²) in [5.74, 6) is 0.636. The van der Waals surface area contributed by atoms with Gasteiger partial charge in [-0.05, 0) is 34.3 Å². The third-order valence-electron chi connectivity index (χ3n) is 2.81. The number of carbonyl (C=O) groups is 1. The Balaban J connectivity index is 0.00000289. The van der Waals surface area contributed by atoms with E-state index in [9.17, 15) is 4.79 Å². The molecule has 0 aliphatic rings. The lowest BCUT2D eigenvalue weighted by Crippen LogP contribution is -2.34. The van der Waals surface area contributed by atoms with Crippen molar-refractivity contribution in [3.63, 3.8) is 0 Å². The van der Waals surface area contributed by atoms with Crippen LogP contribution in [0.2, 0.25) is 0 Å². The Kier molecular flexibility index (Phi) is 7.59. The van der Waals surface area contributed by atoms with E-state index < -0.39 is 0 Å². The minimum absolute atomic E-state index is 0. The van der Waals surface area contributed by atoms with Gasteiger partial charge in [0.15, 0.2) is 0 Å². The second kappa shape index (κ2) is 7.81. The van der Waals surface area contributed by atoms with Gasteiger partial charge < -0.3 is 15.1 Å². The Labute approximate surface area is 122 Å². The van der Waals surface area contributed by atoms with Gasteiger partial charge >= 0.3 is 0 Å². The molecule has 0 aromatic carbocycles. The molecule has 2 N–H and O–H groups in total. The van der Waals surface area contributed by atoms with Crippen LogP contribution >= 0.6 is 28.3 Å². The van der Waals surface area contributed by atoms with Crippen LogP contribution in [0.3, 0.4) is 0 Å². The molecule has 0 radical (unpaired) electrons. The summed E-state index contributed by atoms with van der Waals surface area (Å²) in [5, 5.41) is 0. The minimum atomic E-state index is -0.127. The topological polar surface area (TPSA) is 59.5 Å². The molecular formula is C12H20BrClN2O2. The predicted octanol–water partition coefficient (Wildman–Crippen LogP) is 2.91. The van der Waals surface area contributed by atoms with Crippen molar-refractivity contribution in [1.29, 1.82) is 0 Å². The van der Waals surface area contributed by atoms with Gasteiger partial charge in [0.25, 0.3) is 5.91 Å². The largest absolute Gasteiger partial charge is 0.458 e. The number of halogens is 2. The zero-order chi connectivity index (χ0) is 13.0. The van der Waals surface area contributed by atoms with E-state index in [0.717, 1.165) is 6.42 Å². The standard InChI is InChI=1S/C12H19BrN2O2.ClH/c1-8(2)10(14)4-6-15(3)12(16)11-9(13)5-7-17-11;/h5,7-8,10H,4,6,14H2,1-3H3;1H. The molecule has 0 aliphatic heterocycles. The fraction of sp³-hybridized carbons (Fsp3) is 0.583. The zero-order valence-electron chi connectivity index (χ0n) is 10.9. The van der Waals surface area contributed by atoms with Crippen LogP contribution < -0.4 is 5.73 Å². The molecule has 104 valence electrons. The molecule has 1 unspecified atom stereocenters. The third-order valence-corrected chi connectivity index (χ3v) is 3.44. The highest BCUT2D eigenvalue weighted by molar-refractivity contribution is 9.10. The second-order valence-corrected chi connectivity index (χ2v) is 5.38. The summed E-state index contributed by atoms with van der Waals surface area (Å²) in [6.45, 7) is 4.79. The van der Waals surface area contributed by atoms with Gasteiger partial charge in [-0.15, -0.1) is 12.4 Å². The molecule has 1 atom stereocenters. The van der Waals surface area contributed by atoms with E-state index in [1.165, 1.54) is 6.26 Å². The summed E-state index contributed by atoms with van der Waals surface area (Å²) in [4.78, 5) is 13.6. The fourth-order valence-corrected chi connectivity index (χ4v) is 1.77. The maximum Gasteiger partial charge on any atom is 0.290 e. The first-order valence-corrected chi connectivity index (χ1v) is 6.46.